The first-order valence-corrected chi connectivity index (χ1v) is 4.83. The Kier molecular flexibility index (Phi) is 1.45. The summed E-state index contributed by atoms with van der Waals surface area (Å²) < 4.78 is 0. The van der Waals surface area contributed by atoms with Gasteiger partial charge in [0.25, 0.3) is 0 Å². The van der Waals surface area contributed by atoms with Crippen molar-refractivity contribution in [1.82, 2.24) is 9.89 Å². The van der Waals surface area contributed by atoms with Crippen LogP contribution in [0.3, 0.4) is 0 Å². The number of nitrogens with two attached hydrogens (primary N) is 1. The number of rotatable bonds is 2. The number of nitrogen functional groups attached to an aromatic ring is 1. The largest absolute Gasteiger partial charge is 0.399 e. The molecule has 0 aliphatic heterocycles. The van der Waals surface area contributed by atoms with E-state index in [0.717, 1.165) is 16.6 Å². The fourth-order valence-corrected chi connectivity index (χ4v) is 1.54. The smallest absolute Gasteiger partial charge is 0.0919 e. The third-order valence-corrected chi connectivity index (χ3v) is 2.47. The molecule has 1 heterocycles. The molecule has 1 aromatic heterocycles. The van der Waals surface area contributed by atoms with E-state index in [-0.39, 0.29) is 0 Å². The molecule has 0 radical (unpaired) electrons. The lowest BCUT2D eigenvalue weighted by Gasteiger charge is -2.04. The average Bonchev–Trinajstić information content (AvgIpc) is 2.89. The summed E-state index contributed by atoms with van der Waals surface area (Å²) in [7, 11) is 0. The maximum absolute atomic E-state index is 5.69. The lowest BCUT2D eigenvalue weighted by atomic mass is 10.2. The van der Waals surface area contributed by atoms with Gasteiger partial charge in [0.15, 0.2) is 0 Å². The summed E-state index contributed by atoms with van der Waals surface area (Å²) in [5.41, 5.74) is 10.9. The third-order valence-electron chi connectivity index (χ3n) is 2.47. The van der Waals surface area contributed by atoms with Crippen molar-refractivity contribution in [2.24, 2.45) is 0 Å². The highest BCUT2D eigenvalue weighted by Crippen LogP contribution is 2.22. The van der Waals surface area contributed by atoms with E-state index in [9.17, 15) is 0 Å². The Bertz CT molecular complexity index is 470. The van der Waals surface area contributed by atoms with Crippen LogP contribution in [0.25, 0.3) is 10.9 Å². The highest BCUT2D eigenvalue weighted by molar-refractivity contribution is 5.82. The van der Waals surface area contributed by atoms with E-state index in [1.54, 1.807) is 0 Å². The molecular weight excluding hydrogens is 176 g/mol. The van der Waals surface area contributed by atoms with Gasteiger partial charge in [-0.1, -0.05) is 0 Å². The molecule has 4 heteroatoms. The van der Waals surface area contributed by atoms with Gasteiger partial charge in [-0.3, -0.25) is 0 Å². The van der Waals surface area contributed by atoms with Gasteiger partial charge in [-0.2, -0.15) is 9.89 Å². The van der Waals surface area contributed by atoms with E-state index in [2.05, 4.69) is 10.5 Å². The molecule has 0 spiro atoms. The summed E-state index contributed by atoms with van der Waals surface area (Å²) in [5.74, 6) is 0. The predicted octanol–water partition coefficient (Wildman–Crippen LogP) is 1.32. The number of aromatic nitrogens is 2. The molecule has 1 aliphatic carbocycles. The Hall–Kier alpha value is -1.71. The van der Waals surface area contributed by atoms with Crippen LogP contribution in [-0.2, 0) is 0 Å². The minimum atomic E-state index is 0.607. The van der Waals surface area contributed by atoms with Gasteiger partial charge in [-0.25, -0.2) is 0 Å². The van der Waals surface area contributed by atoms with Crippen molar-refractivity contribution < 1.29 is 0 Å². The summed E-state index contributed by atoms with van der Waals surface area (Å²) in [6.45, 7) is 0. The van der Waals surface area contributed by atoms with Gasteiger partial charge in [-0.05, 0) is 31.0 Å². The van der Waals surface area contributed by atoms with Crippen LogP contribution in [0, 0.1) is 0 Å². The van der Waals surface area contributed by atoms with Crippen LogP contribution in [0.15, 0.2) is 24.4 Å². The second-order valence-corrected chi connectivity index (χ2v) is 3.78. The van der Waals surface area contributed by atoms with E-state index in [1.165, 1.54) is 12.8 Å². The molecule has 1 aromatic carbocycles. The highest BCUT2D eigenvalue weighted by Gasteiger charge is 2.21. The summed E-state index contributed by atoms with van der Waals surface area (Å²) in [6.07, 6.45) is 4.33. The normalized spacial score (nSPS) is 16.0. The zero-order valence-electron chi connectivity index (χ0n) is 7.77. The Morgan fingerprint density at radius 1 is 1.43 bits per heavy atom. The van der Waals surface area contributed by atoms with Gasteiger partial charge >= 0.3 is 0 Å². The van der Waals surface area contributed by atoms with Gasteiger partial charge in [0, 0.05) is 17.1 Å². The molecule has 0 bridgehead atoms. The molecule has 0 saturated heterocycles. The van der Waals surface area contributed by atoms with E-state index in [0.29, 0.717) is 6.04 Å². The lowest BCUT2D eigenvalue weighted by Crippen LogP contribution is -2.17. The zero-order chi connectivity index (χ0) is 9.54. The zero-order valence-corrected chi connectivity index (χ0v) is 7.77. The maximum Gasteiger partial charge on any atom is 0.0919 e. The maximum atomic E-state index is 5.69. The van der Waals surface area contributed by atoms with E-state index >= 15 is 0 Å². The van der Waals surface area contributed by atoms with Crippen molar-refractivity contribution in [3.05, 3.63) is 24.4 Å². The molecular formula is C10H12N4. The first-order valence-electron chi connectivity index (χ1n) is 4.83. The molecule has 1 aliphatic rings. The molecule has 72 valence electrons. The Morgan fingerprint density at radius 2 is 2.29 bits per heavy atom. The average molecular weight is 188 g/mol. The van der Waals surface area contributed by atoms with Crippen LogP contribution in [-0.4, -0.2) is 15.9 Å². The van der Waals surface area contributed by atoms with E-state index < -0.39 is 0 Å². The number of nitrogens with zero attached hydrogens (tertiary/aromatic N) is 2. The standard InChI is InChI=1S/C10H12N4/c11-8-1-4-10-7(5-8)6-12-14(10)13-9-2-3-9/h1,4-6,9,13H,2-3,11H2. The van der Waals surface area contributed by atoms with Gasteiger partial charge < -0.3 is 11.2 Å². The minimum Gasteiger partial charge on any atom is -0.399 e. The van der Waals surface area contributed by atoms with Crippen molar-refractivity contribution in [3.63, 3.8) is 0 Å². The van der Waals surface area contributed by atoms with Crippen LogP contribution in [0.2, 0.25) is 0 Å². The fraction of sp³-hybridized carbons (Fsp3) is 0.300. The first kappa shape index (κ1) is 7.67. The Balaban J connectivity index is 2.06. The quantitative estimate of drug-likeness (QED) is 0.699. The van der Waals surface area contributed by atoms with Crippen molar-refractivity contribution in [2.45, 2.75) is 18.9 Å². The third kappa shape index (κ3) is 1.19. The van der Waals surface area contributed by atoms with Crippen molar-refractivity contribution >= 4 is 16.6 Å². The van der Waals surface area contributed by atoms with E-state index in [4.69, 9.17) is 5.73 Å². The summed E-state index contributed by atoms with van der Waals surface area (Å²) in [6, 6.07) is 6.44. The van der Waals surface area contributed by atoms with Crippen molar-refractivity contribution in [2.75, 3.05) is 11.2 Å². The van der Waals surface area contributed by atoms with Gasteiger partial charge in [0.1, 0.15) is 0 Å². The second kappa shape index (κ2) is 2.64. The summed E-state index contributed by atoms with van der Waals surface area (Å²) in [4.78, 5) is 1.84. The molecule has 0 atom stereocenters. The van der Waals surface area contributed by atoms with Gasteiger partial charge in [-0.15, -0.1) is 0 Å². The Morgan fingerprint density at radius 3 is 3.07 bits per heavy atom. The minimum absolute atomic E-state index is 0.607. The first-order chi connectivity index (χ1) is 6.83. The molecule has 3 rings (SSSR count). The monoisotopic (exact) mass is 188 g/mol. The topological polar surface area (TPSA) is 55.9 Å². The molecule has 1 saturated carbocycles. The lowest BCUT2D eigenvalue weighted by molar-refractivity contribution is 0.753. The molecule has 4 nitrogen and oxygen atoms in total. The number of benzene rings is 1. The summed E-state index contributed by atoms with van der Waals surface area (Å²) >= 11 is 0. The van der Waals surface area contributed by atoms with Crippen LogP contribution >= 0.6 is 0 Å². The Labute approximate surface area is 81.7 Å². The molecule has 3 N–H and O–H groups in total. The molecule has 2 aromatic rings. The molecule has 1 fully saturated rings. The molecule has 0 amide bonds. The number of hydrogen-bond acceptors (Lipinski definition) is 3. The van der Waals surface area contributed by atoms with Crippen LogP contribution in [0.4, 0.5) is 5.69 Å². The highest BCUT2D eigenvalue weighted by atomic mass is 15.6. The van der Waals surface area contributed by atoms with Crippen LogP contribution in [0.1, 0.15) is 12.8 Å². The number of nitrogens with one attached hydrogen (secondary N) is 1. The number of fused-ring (bicyclic) bond motifs is 1. The molecule has 0 unspecified atom stereocenters. The van der Waals surface area contributed by atoms with Crippen LogP contribution in [0.5, 0.6) is 0 Å². The fourth-order valence-electron chi connectivity index (χ4n) is 1.54. The SMILES string of the molecule is Nc1ccc2c(cnn2NC2CC2)c1. The van der Waals surface area contributed by atoms with Crippen molar-refractivity contribution in [3.8, 4) is 0 Å². The van der Waals surface area contributed by atoms with Gasteiger partial charge in [0.2, 0.25) is 0 Å². The van der Waals surface area contributed by atoms with Gasteiger partial charge in [0.05, 0.1) is 11.7 Å². The number of anilines is 1. The van der Waals surface area contributed by atoms with Crippen LogP contribution < -0.4 is 11.2 Å². The predicted molar refractivity (Wildman–Crippen MR) is 56.5 cm³/mol. The van der Waals surface area contributed by atoms with E-state index in [1.807, 2.05) is 29.2 Å². The second-order valence-electron chi connectivity index (χ2n) is 3.78. The molecule has 14 heavy (non-hydrogen) atoms. The number of hydrogen-bond donors (Lipinski definition) is 2. The summed E-state index contributed by atoms with van der Waals surface area (Å²) in [5, 5.41) is 5.35. The van der Waals surface area contributed by atoms with Crippen molar-refractivity contribution in [1.29, 1.82) is 0 Å².